The Morgan fingerprint density at radius 1 is 1.33 bits per heavy atom. The van der Waals surface area contributed by atoms with Gasteiger partial charge in [0, 0.05) is 22.4 Å². The summed E-state index contributed by atoms with van der Waals surface area (Å²) in [5.41, 5.74) is 6.33. The Labute approximate surface area is 111 Å². The van der Waals surface area contributed by atoms with Crippen molar-refractivity contribution in [1.29, 1.82) is 0 Å². The van der Waals surface area contributed by atoms with Crippen molar-refractivity contribution in [2.24, 2.45) is 0 Å². The summed E-state index contributed by atoms with van der Waals surface area (Å²) in [6.45, 7) is 0.836. The Balaban J connectivity index is 1.68. The zero-order valence-corrected chi connectivity index (χ0v) is 11.1. The average Bonchev–Trinajstić information content (AvgIpc) is 2.26. The molecule has 1 saturated carbocycles. The molecule has 2 N–H and O–H groups in total. The largest absolute Gasteiger partial charge is 0.399 e. The number of ether oxygens (including phenoxy) is 1. The van der Waals surface area contributed by atoms with Crippen molar-refractivity contribution in [2.45, 2.75) is 47.9 Å². The lowest BCUT2D eigenvalue weighted by Crippen LogP contribution is -2.46. The zero-order chi connectivity index (χ0) is 12.6. The molecule has 4 heteroatoms. The fraction of sp³-hybridized carbons (Fsp3) is 0.571. The first kappa shape index (κ1) is 12.3. The molecule has 3 rings (SSSR count). The number of rotatable bonds is 2. The number of thioether (sulfide) groups is 1. The van der Waals surface area contributed by atoms with Gasteiger partial charge in [0.25, 0.3) is 0 Å². The van der Waals surface area contributed by atoms with E-state index >= 15 is 0 Å². The molecule has 98 valence electrons. The van der Waals surface area contributed by atoms with E-state index in [1.165, 1.54) is 25.3 Å². The second-order valence-electron chi connectivity index (χ2n) is 5.34. The summed E-state index contributed by atoms with van der Waals surface area (Å²) in [4.78, 5) is 0.939. The van der Waals surface area contributed by atoms with Gasteiger partial charge in [0.05, 0.1) is 5.60 Å². The van der Waals surface area contributed by atoms with Gasteiger partial charge in [0.1, 0.15) is 5.82 Å². The topological polar surface area (TPSA) is 35.2 Å². The first-order valence-electron chi connectivity index (χ1n) is 6.52. The molecule has 1 aliphatic heterocycles. The van der Waals surface area contributed by atoms with Gasteiger partial charge < -0.3 is 10.5 Å². The third-order valence-corrected chi connectivity index (χ3v) is 5.15. The number of benzene rings is 1. The molecular formula is C14H18FNOS. The highest BCUT2D eigenvalue weighted by atomic mass is 32.2. The Morgan fingerprint density at radius 3 is 2.83 bits per heavy atom. The van der Waals surface area contributed by atoms with E-state index in [-0.39, 0.29) is 11.4 Å². The lowest BCUT2D eigenvalue weighted by Gasteiger charge is -2.47. The molecule has 0 radical (unpaired) electrons. The van der Waals surface area contributed by atoms with Crippen LogP contribution in [0.25, 0.3) is 0 Å². The van der Waals surface area contributed by atoms with Crippen LogP contribution < -0.4 is 5.73 Å². The maximum atomic E-state index is 13.3. The standard InChI is InChI=1S/C14H18FNOS/c15-10-6-11(16)8-13(7-10)18-12-2-5-17-14(9-12)3-1-4-14/h6-8,12H,1-5,9,16H2. The van der Waals surface area contributed by atoms with Gasteiger partial charge in [-0.25, -0.2) is 4.39 Å². The summed E-state index contributed by atoms with van der Waals surface area (Å²) in [5, 5.41) is 0.528. The predicted octanol–water partition coefficient (Wildman–Crippen LogP) is 3.60. The summed E-state index contributed by atoms with van der Waals surface area (Å²) in [5.74, 6) is -0.247. The fourth-order valence-corrected chi connectivity index (χ4v) is 4.22. The molecule has 1 heterocycles. The summed E-state index contributed by atoms with van der Waals surface area (Å²) in [6.07, 6.45) is 5.80. The van der Waals surface area contributed by atoms with Crippen LogP contribution in [0.15, 0.2) is 23.1 Å². The molecule has 1 saturated heterocycles. The van der Waals surface area contributed by atoms with Gasteiger partial charge in [-0.1, -0.05) is 0 Å². The van der Waals surface area contributed by atoms with E-state index in [1.807, 2.05) is 6.07 Å². The minimum absolute atomic E-state index is 0.148. The number of anilines is 1. The van der Waals surface area contributed by atoms with Crippen molar-refractivity contribution in [2.75, 3.05) is 12.3 Å². The smallest absolute Gasteiger partial charge is 0.126 e. The Bertz CT molecular complexity index is 427. The lowest BCUT2D eigenvalue weighted by atomic mass is 9.75. The Kier molecular flexibility index (Phi) is 3.24. The normalized spacial score (nSPS) is 25.9. The van der Waals surface area contributed by atoms with Gasteiger partial charge in [-0.05, 0) is 50.3 Å². The van der Waals surface area contributed by atoms with Crippen molar-refractivity contribution in [1.82, 2.24) is 0 Å². The van der Waals surface area contributed by atoms with Gasteiger partial charge in [0.2, 0.25) is 0 Å². The summed E-state index contributed by atoms with van der Waals surface area (Å²) in [7, 11) is 0. The number of nitrogens with two attached hydrogens (primary N) is 1. The molecule has 18 heavy (non-hydrogen) atoms. The summed E-state index contributed by atoms with van der Waals surface area (Å²) in [6, 6.07) is 4.79. The van der Waals surface area contributed by atoms with Gasteiger partial charge >= 0.3 is 0 Å². The van der Waals surface area contributed by atoms with Crippen molar-refractivity contribution < 1.29 is 9.13 Å². The van der Waals surface area contributed by atoms with Gasteiger partial charge in [-0.15, -0.1) is 11.8 Å². The van der Waals surface area contributed by atoms with Crippen molar-refractivity contribution in [3.05, 3.63) is 24.0 Å². The van der Waals surface area contributed by atoms with Crippen LogP contribution in [0.2, 0.25) is 0 Å². The molecule has 1 aromatic carbocycles. The van der Waals surface area contributed by atoms with E-state index in [1.54, 1.807) is 17.8 Å². The average molecular weight is 267 g/mol. The molecule has 1 atom stereocenters. The highest BCUT2D eigenvalue weighted by Crippen LogP contribution is 2.46. The molecule has 0 aromatic heterocycles. The van der Waals surface area contributed by atoms with Crippen LogP contribution in [0.4, 0.5) is 10.1 Å². The minimum Gasteiger partial charge on any atom is -0.399 e. The molecule has 2 nitrogen and oxygen atoms in total. The van der Waals surface area contributed by atoms with Crippen LogP contribution in [0.1, 0.15) is 32.1 Å². The highest BCUT2D eigenvalue weighted by Gasteiger charge is 2.42. The molecule has 2 fully saturated rings. The molecule has 1 spiro atoms. The van der Waals surface area contributed by atoms with Crippen molar-refractivity contribution >= 4 is 17.4 Å². The van der Waals surface area contributed by atoms with Crippen LogP contribution >= 0.6 is 11.8 Å². The monoisotopic (exact) mass is 267 g/mol. The third kappa shape index (κ3) is 2.50. The molecule has 1 unspecified atom stereocenters. The molecule has 2 aliphatic rings. The van der Waals surface area contributed by atoms with Crippen LogP contribution in [-0.2, 0) is 4.74 Å². The second kappa shape index (κ2) is 4.74. The second-order valence-corrected chi connectivity index (χ2v) is 6.71. The maximum absolute atomic E-state index is 13.3. The summed E-state index contributed by atoms with van der Waals surface area (Å²) >= 11 is 1.74. The highest BCUT2D eigenvalue weighted by molar-refractivity contribution is 8.00. The van der Waals surface area contributed by atoms with E-state index in [0.29, 0.717) is 10.9 Å². The van der Waals surface area contributed by atoms with Gasteiger partial charge in [-0.2, -0.15) is 0 Å². The maximum Gasteiger partial charge on any atom is 0.126 e. The number of nitrogen functional groups attached to an aromatic ring is 1. The Hall–Kier alpha value is -0.740. The van der Waals surface area contributed by atoms with E-state index < -0.39 is 0 Å². The van der Waals surface area contributed by atoms with Crippen molar-refractivity contribution in [3.63, 3.8) is 0 Å². The molecule has 1 aromatic rings. The number of hydrogen-bond acceptors (Lipinski definition) is 3. The first-order valence-corrected chi connectivity index (χ1v) is 7.40. The SMILES string of the molecule is Nc1cc(F)cc(SC2CCOC3(CCC3)C2)c1. The molecular weight excluding hydrogens is 249 g/mol. The molecule has 1 aliphatic carbocycles. The van der Waals surface area contributed by atoms with Gasteiger partial charge in [0.15, 0.2) is 0 Å². The zero-order valence-electron chi connectivity index (χ0n) is 10.3. The molecule has 0 bridgehead atoms. The van der Waals surface area contributed by atoms with Gasteiger partial charge in [-0.3, -0.25) is 0 Å². The minimum atomic E-state index is -0.247. The number of halogens is 1. The van der Waals surface area contributed by atoms with Crippen molar-refractivity contribution in [3.8, 4) is 0 Å². The van der Waals surface area contributed by atoms with E-state index in [2.05, 4.69) is 0 Å². The van der Waals surface area contributed by atoms with Crippen LogP contribution in [0.3, 0.4) is 0 Å². The van der Waals surface area contributed by atoms with E-state index in [4.69, 9.17) is 10.5 Å². The van der Waals surface area contributed by atoms with E-state index in [0.717, 1.165) is 24.3 Å². The first-order chi connectivity index (χ1) is 8.65. The third-order valence-electron chi connectivity index (χ3n) is 3.91. The fourth-order valence-electron chi connectivity index (χ4n) is 2.85. The lowest BCUT2D eigenvalue weighted by molar-refractivity contribution is -0.125. The van der Waals surface area contributed by atoms with Crippen LogP contribution in [-0.4, -0.2) is 17.5 Å². The molecule has 0 amide bonds. The Morgan fingerprint density at radius 2 is 2.17 bits per heavy atom. The van der Waals surface area contributed by atoms with Crippen LogP contribution in [0.5, 0.6) is 0 Å². The number of hydrogen-bond donors (Lipinski definition) is 1. The van der Waals surface area contributed by atoms with Crippen LogP contribution in [0, 0.1) is 5.82 Å². The predicted molar refractivity (Wildman–Crippen MR) is 72.2 cm³/mol. The summed E-state index contributed by atoms with van der Waals surface area (Å²) < 4.78 is 19.2. The van der Waals surface area contributed by atoms with E-state index in [9.17, 15) is 4.39 Å². The quantitative estimate of drug-likeness (QED) is 0.831.